The van der Waals surface area contributed by atoms with Crippen molar-refractivity contribution in [3.05, 3.63) is 132 Å². The van der Waals surface area contributed by atoms with Gasteiger partial charge in [-0.05, 0) is 41.0 Å². The van der Waals surface area contributed by atoms with Crippen LogP contribution in [0.5, 0.6) is 5.75 Å². The van der Waals surface area contributed by atoms with Crippen molar-refractivity contribution < 1.29 is 56.8 Å². The van der Waals surface area contributed by atoms with E-state index in [1.807, 2.05) is 66.7 Å². The number of hydrogen-bond donors (Lipinski definition) is 1. The third-order valence-electron chi connectivity index (χ3n) is 8.81. The quantitative estimate of drug-likeness (QED) is 0.0330. The van der Waals surface area contributed by atoms with E-state index in [0.29, 0.717) is 151 Å². The fraction of sp³-hybridized carbons (Fsp3) is 0.489. The van der Waals surface area contributed by atoms with Gasteiger partial charge >= 0.3 is 0 Å². The van der Waals surface area contributed by atoms with Crippen LogP contribution < -0.4 is 10.5 Å². The number of benzene rings is 4. The minimum Gasteiger partial charge on any atom is -0.491 e. The molecule has 0 aromatic heterocycles. The molecule has 0 radical (unpaired) electrons. The largest absolute Gasteiger partial charge is 0.491 e. The summed E-state index contributed by atoms with van der Waals surface area (Å²) in [5, 5.41) is 0. The van der Waals surface area contributed by atoms with E-state index in [4.69, 9.17) is 62.6 Å². The highest BCUT2D eigenvalue weighted by molar-refractivity contribution is 5.47. The lowest BCUT2D eigenvalue weighted by Gasteiger charge is -2.36. The molecular weight excluding hydrogens is 771 g/mol. The summed E-state index contributed by atoms with van der Waals surface area (Å²) < 4.78 is 68.1. The van der Waals surface area contributed by atoms with Crippen LogP contribution in [-0.4, -0.2) is 145 Å². The van der Waals surface area contributed by atoms with Gasteiger partial charge in [0.05, 0.1) is 139 Å². The number of nitrogens with two attached hydrogens (primary N) is 1. The molecule has 0 aliphatic heterocycles. The SMILES string of the molecule is Nc1ccc(OCCOCCOCCOCCOCCOCCOCCOCCOCCOCCOCCOC(c2ccccc2)(c2ccccc2)c2ccccc2)cc1. The molecule has 0 amide bonds. The maximum Gasteiger partial charge on any atom is 0.143 e. The summed E-state index contributed by atoms with van der Waals surface area (Å²) in [5.74, 6) is 0.770. The van der Waals surface area contributed by atoms with E-state index in [-0.39, 0.29) is 0 Å². The molecule has 13 heteroatoms. The average Bonchev–Trinajstić information content (AvgIpc) is 3.29. The molecule has 2 N–H and O–H groups in total. The predicted octanol–water partition coefficient (Wildman–Crippen LogP) is 5.82. The summed E-state index contributed by atoms with van der Waals surface area (Å²) >= 11 is 0. The van der Waals surface area contributed by atoms with E-state index < -0.39 is 5.60 Å². The summed E-state index contributed by atoms with van der Waals surface area (Å²) in [5.41, 5.74) is 8.81. The summed E-state index contributed by atoms with van der Waals surface area (Å²) in [4.78, 5) is 0. The second-order valence-corrected chi connectivity index (χ2v) is 13.2. The molecule has 0 atom stereocenters. The lowest BCUT2D eigenvalue weighted by Crippen LogP contribution is -2.34. The number of anilines is 1. The maximum atomic E-state index is 6.74. The molecule has 0 bridgehead atoms. The van der Waals surface area contributed by atoms with Crippen LogP contribution in [0.1, 0.15) is 16.7 Å². The molecule has 4 rings (SSSR count). The van der Waals surface area contributed by atoms with E-state index in [2.05, 4.69) is 36.4 Å². The molecule has 4 aromatic carbocycles. The fourth-order valence-corrected chi connectivity index (χ4v) is 5.89. The van der Waals surface area contributed by atoms with Gasteiger partial charge in [-0.3, -0.25) is 0 Å². The average molecular weight is 836 g/mol. The van der Waals surface area contributed by atoms with E-state index in [1.54, 1.807) is 12.1 Å². The number of nitrogen functional groups attached to an aromatic ring is 1. The summed E-state index contributed by atoms with van der Waals surface area (Å²) in [7, 11) is 0. The summed E-state index contributed by atoms with van der Waals surface area (Å²) in [6, 6.07) is 38.3. The Balaban J connectivity index is 0.844. The van der Waals surface area contributed by atoms with E-state index in [1.165, 1.54) is 0 Å². The Kier molecular flexibility index (Phi) is 26.6. The molecule has 0 saturated heterocycles. The standard InChI is InChI=1S/C47H65NO12/c48-45-16-18-46(19-17-45)59-40-38-57-36-34-55-32-30-53-28-26-51-24-22-49-20-21-50-23-25-52-27-29-54-31-33-56-35-37-58-39-41-60-47(42-10-4-1-5-11-42,43-12-6-2-7-13-43)44-14-8-3-9-15-44/h1-19H,20-41,48H2. The lowest BCUT2D eigenvalue weighted by atomic mass is 9.80. The minimum atomic E-state index is -0.755. The first-order valence-corrected chi connectivity index (χ1v) is 20.9. The van der Waals surface area contributed by atoms with Crippen molar-refractivity contribution in [2.45, 2.75) is 5.60 Å². The smallest absolute Gasteiger partial charge is 0.143 e. The van der Waals surface area contributed by atoms with Gasteiger partial charge in [-0.1, -0.05) is 91.0 Å². The molecule has 0 spiro atoms. The predicted molar refractivity (Wildman–Crippen MR) is 230 cm³/mol. The first-order valence-electron chi connectivity index (χ1n) is 20.9. The van der Waals surface area contributed by atoms with Crippen molar-refractivity contribution >= 4 is 5.69 Å². The number of ether oxygens (including phenoxy) is 12. The van der Waals surface area contributed by atoms with Crippen molar-refractivity contribution in [2.24, 2.45) is 0 Å². The van der Waals surface area contributed by atoms with Crippen LogP contribution in [0, 0.1) is 0 Å². The van der Waals surface area contributed by atoms with Crippen LogP contribution >= 0.6 is 0 Å². The molecule has 330 valence electrons. The molecule has 13 nitrogen and oxygen atoms in total. The molecule has 0 saturated carbocycles. The highest BCUT2D eigenvalue weighted by atomic mass is 16.6. The minimum absolute atomic E-state index is 0.413. The second-order valence-electron chi connectivity index (χ2n) is 13.2. The monoisotopic (exact) mass is 835 g/mol. The first kappa shape index (κ1) is 48.7. The van der Waals surface area contributed by atoms with E-state index >= 15 is 0 Å². The van der Waals surface area contributed by atoms with Gasteiger partial charge in [0, 0.05) is 5.69 Å². The molecule has 4 aromatic rings. The van der Waals surface area contributed by atoms with Gasteiger partial charge in [0.1, 0.15) is 18.0 Å². The van der Waals surface area contributed by atoms with Gasteiger partial charge in [0.2, 0.25) is 0 Å². The Morgan fingerprint density at radius 1 is 0.283 bits per heavy atom. The Hall–Kier alpha value is -3.96. The molecule has 0 fully saturated rings. The van der Waals surface area contributed by atoms with Gasteiger partial charge in [0.25, 0.3) is 0 Å². The summed E-state index contributed by atoms with van der Waals surface area (Å²) in [6.45, 7) is 10.7. The third kappa shape index (κ3) is 20.5. The topological polar surface area (TPSA) is 137 Å². The third-order valence-corrected chi connectivity index (χ3v) is 8.81. The Labute approximate surface area is 356 Å². The van der Waals surface area contributed by atoms with Crippen LogP contribution in [0.4, 0.5) is 5.69 Å². The second kappa shape index (κ2) is 32.8. The van der Waals surface area contributed by atoms with Gasteiger partial charge in [-0.15, -0.1) is 0 Å². The van der Waals surface area contributed by atoms with Gasteiger partial charge in [-0.25, -0.2) is 0 Å². The molecular formula is C47H65NO12. The van der Waals surface area contributed by atoms with Gasteiger partial charge in [-0.2, -0.15) is 0 Å². The lowest BCUT2D eigenvalue weighted by molar-refractivity contribution is -0.0399. The summed E-state index contributed by atoms with van der Waals surface area (Å²) in [6.07, 6.45) is 0. The van der Waals surface area contributed by atoms with Crippen molar-refractivity contribution in [3.63, 3.8) is 0 Å². The zero-order valence-electron chi connectivity index (χ0n) is 35.0. The van der Waals surface area contributed by atoms with Crippen LogP contribution in [0.3, 0.4) is 0 Å². The first-order chi connectivity index (χ1) is 29.8. The molecule has 0 aliphatic carbocycles. The zero-order valence-corrected chi connectivity index (χ0v) is 35.0. The van der Waals surface area contributed by atoms with Crippen molar-refractivity contribution in [1.29, 1.82) is 0 Å². The molecule has 60 heavy (non-hydrogen) atoms. The van der Waals surface area contributed by atoms with E-state index in [0.717, 1.165) is 22.4 Å². The Morgan fingerprint density at radius 3 is 0.817 bits per heavy atom. The van der Waals surface area contributed by atoms with Gasteiger partial charge in [0.15, 0.2) is 0 Å². The van der Waals surface area contributed by atoms with Crippen molar-refractivity contribution in [3.8, 4) is 5.75 Å². The molecule has 0 aliphatic rings. The van der Waals surface area contributed by atoms with Crippen molar-refractivity contribution in [2.75, 3.05) is 151 Å². The van der Waals surface area contributed by atoms with Crippen LogP contribution in [0.2, 0.25) is 0 Å². The molecule has 0 heterocycles. The maximum absolute atomic E-state index is 6.74. The van der Waals surface area contributed by atoms with Gasteiger partial charge < -0.3 is 62.6 Å². The highest BCUT2D eigenvalue weighted by Gasteiger charge is 2.37. The molecule has 0 unspecified atom stereocenters. The number of hydrogen-bond acceptors (Lipinski definition) is 13. The van der Waals surface area contributed by atoms with Crippen LogP contribution in [-0.2, 0) is 57.7 Å². The normalized spacial score (nSPS) is 11.6. The van der Waals surface area contributed by atoms with E-state index in [9.17, 15) is 0 Å². The Morgan fingerprint density at radius 2 is 0.533 bits per heavy atom. The zero-order chi connectivity index (χ0) is 41.9. The van der Waals surface area contributed by atoms with Crippen LogP contribution in [0.25, 0.3) is 0 Å². The van der Waals surface area contributed by atoms with Crippen LogP contribution in [0.15, 0.2) is 115 Å². The fourth-order valence-electron chi connectivity index (χ4n) is 5.89. The highest BCUT2D eigenvalue weighted by Crippen LogP contribution is 2.40. The van der Waals surface area contributed by atoms with Crippen molar-refractivity contribution in [1.82, 2.24) is 0 Å². The Bertz CT molecular complexity index is 1460. The number of rotatable bonds is 38.